The van der Waals surface area contributed by atoms with E-state index in [-0.39, 0.29) is 5.91 Å². The van der Waals surface area contributed by atoms with Crippen molar-refractivity contribution >= 4 is 23.2 Å². The zero-order valence-corrected chi connectivity index (χ0v) is 12.5. The molecule has 2 rings (SSSR count). The fourth-order valence-corrected chi connectivity index (χ4v) is 2.30. The number of nitrogens with zero attached hydrogens (tertiary/aromatic N) is 1. The number of likely N-dealkylation sites (N-methyl/N-ethyl adjacent to an activating group) is 1. The van der Waals surface area contributed by atoms with Crippen LogP contribution in [0.5, 0.6) is 0 Å². The van der Waals surface area contributed by atoms with Gasteiger partial charge in [-0.15, -0.1) is 0 Å². The third-order valence-electron chi connectivity index (χ3n) is 3.20. The van der Waals surface area contributed by atoms with Crippen molar-refractivity contribution in [1.82, 2.24) is 0 Å². The molecule has 1 amide bonds. The Morgan fingerprint density at radius 3 is 2.45 bits per heavy atom. The van der Waals surface area contributed by atoms with Gasteiger partial charge in [-0.05, 0) is 49.2 Å². The first kappa shape index (κ1) is 14.6. The summed E-state index contributed by atoms with van der Waals surface area (Å²) in [6.07, 6.45) is 0.388. The smallest absolute Gasteiger partial charge is 0.231 e. The molecular weight excluding hydrogens is 270 g/mol. The van der Waals surface area contributed by atoms with Crippen molar-refractivity contribution in [3.8, 4) is 0 Å². The Morgan fingerprint density at radius 1 is 1.15 bits per heavy atom. The van der Waals surface area contributed by atoms with Gasteiger partial charge < -0.3 is 4.90 Å². The molecule has 0 aliphatic carbocycles. The molecule has 2 nitrogen and oxygen atoms in total. The van der Waals surface area contributed by atoms with Crippen molar-refractivity contribution in [2.75, 3.05) is 11.4 Å². The molecule has 0 radical (unpaired) electrons. The van der Waals surface area contributed by atoms with Gasteiger partial charge in [-0.25, -0.2) is 0 Å². The third-order valence-corrected chi connectivity index (χ3v) is 3.45. The number of anilines is 1. The molecule has 0 aliphatic rings. The standard InChI is InChI=1S/C17H18ClNO/c1-3-19(16-6-4-5-13(2)11-16)17(20)12-14-7-9-15(18)10-8-14/h4-11H,3,12H2,1-2H3. The second kappa shape index (κ2) is 6.58. The van der Waals surface area contributed by atoms with E-state index in [2.05, 4.69) is 0 Å². The predicted octanol–water partition coefficient (Wildman–Crippen LogP) is 4.24. The van der Waals surface area contributed by atoms with Crippen molar-refractivity contribution < 1.29 is 4.79 Å². The lowest BCUT2D eigenvalue weighted by Crippen LogP contribution is -2.32. The number of aryl methyl sites for hydroxylation is 1. The highest BCUT2D eigenvalue weighted by Crippen LogP contribution is 2.18. The maximum Gasteiger partial charge on any atom is 0.231 e. The van der Waals surface area contributed by atoms with Gasteiger partial charge in [-0.2, -0.15) is 0 Å². The summed E-state index contributed by atoms with van der Waals surface area (Å²) >= 11 is 5.86. The van der Waals surface area contributed by atoms with Crippen LogP contribution in [0.4, 0.5) is 5.69 Å². The van der Waals surface area contributed by atoms with Crippen molar-refractivity contribution in [3.63, 3.8) is 0 Å². The van der Waals surface area contributed by atoms with Crippen LogP contribution < -0.4 is 4.90 Å². The molecule has 20 heavy (non-hydrogen) atoms. The van der Waals surface area contributed by atoms with E-state index in [1.807, 2.05) is 67.3 Å². The Hall–Kier alpha value is -1.80. The first-order chi connectivity index (χ1) is 9.60. The Kier molecular flexibility index (Phi) is 4.80. The zero-order chi connectivity index (χ0) is 14.5. The molecular formula is C17H18ClNO. The Morgan fingerprint density at radius 2 is 1.85 bits per heavy atom. The van der Waals surface area contributed by atoms with Crippen LogP contribution in [-0.2, 0) is 11.2 Å². The Labute approximate surface area is 125 Å². The number of amides is 1. The molecule has 0 unspecified atom stereocenters. The van der Waals surface area contributed by atoms with E-state index in [1.54, 1.807) is 0 Å². The molecule has 0 saturated heterocycles. The number of halogens is 1. The summed E-state index contributed by atoms with van der Waals surface area (Å²) in [5.74, 6) is 0.0976. The molecule has 0 N–H and O–H groups in total. The van der Waals surface area contributed by atoms with Gasteiger partial charge in [0.15, 0.2) is 0 Å². The molecule has 0 atom stereocenters. The molecule has 104 valence electrons. The fourth-order valence-electron chi connectivity index (χ4n) is 2.17. The predicted molar refractivity (Wildman–Crippen MR) is 84.4 cm³/mol. The topological polar surface area (TPSA) is 20.3 Å². The lowest BCUT2D eigenvalue weighted by Gasteiger charge is -2.21. The lowest BCUT2D eigenvalue weighted by atomic mass is 10.1. The quantitative estimate of drug-likeness (QED) is 0.823. The van der Waals surface area contributed by atoms with Gasteiger partial charge >= 0.3 is 0 Å². The van der Waals surface area contributed by atoms with Crippen LogP contribution in [0.3, 0.4) is 0 Å². The van der Waals surface area contributed by atoms with Gasteiger partial charge in [0, 0.05) is 17.3 Å². The second-order valence-electron chi connectivity index (χ2n) is 4.78. The first-order valence-electron chi connectivity index (χ1n) is 6.71. The van der Waals surface area contributed by atoms with Crippen molar-refractivity contribution in [3.05, 3.63) is 64.7 Å². The highest BCUT2D eigenvalue weighted by molar-refractivity contribution is 6.30. The summed E-state index contributed by atoms with van der Waals surface area (Å²) in [5.41, 5.74) is 3.08. The summed E-state index contributed by atoms with van der Waals surface area (Å²) in [7, 11) is 0. The van der Waals surface area contributed by atoms with Crippen LogP contribution >= 0.6 is 11.6 Å². The van der Waals surface area contributed by atoms with Gasteiger partial charge in [-0.3, -0.25) is 4.79 Å². The number of hydrogen-bond donors (Lipinski definition) is 0. The van der Waals surface area contributed by atoms with Crippen LogP contribution in [0.2, 0.25) is 5.02 Å². The van der Waals surface area contributed by atoms with E-state index < -0.39 is 0 Å². The molecule has 2 aromatic rings. The largest absolute Gasteiger partial charge is 0.312 e. The monoisotopic (exact) mass is 287 g/mol. The minimum Gasteiger partial charge on any atom is -0.312 e. The lowest BCUT2D eigenvalue weighted by molar-refractivity contribution is -0.117. The number of carbonyl (C=O) groups is 1. The molecule has 2 aromatic carbocycles. The number of hydrogen-bond acceptors (Lipinski definition) is 1. The zero-order valence-electron chi connectivity index (χ0n) is 11.8. The molecule has 0 fully saturated rings. The molecule has 0 spiro atoms. The Balaban J connectivity index is 2.15. The van der Waals surface area contributed by atoms with E-state index in [0.29, 0.717) is 18.0 Å². The maximum absolute atomic E-state index is 12.4. The second-order valence-corrected chi connectivity index (χ2v) is 5.22. The maximum atomic E-state index is 12.4. The summed E-state index contributed by atoms with van der Waals surface area (Å²) in [6.45, 7) is 4.68. The van der Waals surface area contributed by atoms with Crippen LogP contribution in [0.15, 0.2) is 48.5 Å². The molecule has 0 heterocycles. The highest BCUT2D eigenvalue weighted by atomic mass is 35.5. The minimum absolute atomic E-state index is 0.0976. The van der Waals surface area contributed by atoms with E-state index in [9.17, 15) is 4.79 Å². The van der Waals surface area contributed by atoms with Crippen LogP contribution in [0.1, 0.15) is 18.1 Å². The Bertz CT molecular complexity index is 592. The third kappa shape index (κ3) is 3.61. The van der Waals surface area contributed by atoms with Crippen LogP contribution in [0, 0.1) is 6.92 Å². The summed E-state index contributed by atoms with van der Waals surface area (Å²) in [4.78, 5) is 14.2. The number of carbonyl (C=O) groups excluding carboxylic acids is 1. The van der Waals surface area contributed by atoms with Crippen molar-refractivity contribution in [2.45, 2.75) is 20.3 Å². The number of rotatable bonds is 4. The molecule has 3 heteroatoms. The van der Waals surface area contributed by atoms with E-state index in [4.69, 9.17) is 11.6 Å². The van der Waals surface area contributed by atoms with Gasteiger partial charge in [0.05, 0.1) is 6.42 Å². The van der Waals surface area contributed by atoms with Crippen LogP contribution in [0.25, 0.3) is 0 Å². The van der Waals surface area contributed by atoms with Crippen LogP contribution in [-0.4, -0.2) is 12.5 Å². The minimum atomic E-state index is 0.0976. The van der Waals surface area contributed by atoms with Gasteiger partial charge in [0.2, 0.25) is 5.91 Å². The summed E-state index contributed by atoms with van der Waals surface area (Å²) in [6, 6.07) is 15.4. The van der Waals surface area contributed by atoms with E-state index in [0.717, 1.165) is 16.8 Å². The first-order valence-corrected chi connectivity index (χ1v) is 7.09. The van der Waals surface area contributed by atoms with Crippen molar-refractivity contribution in [1.29, 1.82) is 0 Å². The van der Waals surface area contributed by atoms with E-state index in [1.165, 1.54) is 0 Å². The molecule has 0 aliphatic heterocycles. The SMILES string of the molecule is CCN(C(=O)Cc1ccc(Cl)cc1)c1cccc(C)c1. The summed E-state index contributed by atoms with van der Waals surface area (Å²) in [5, 5.41) is 0.687. The average Bonchev–Trinajstić information content (AvgIpc) is 2.42. The summed E-state index contributed by atoms with van der Waals surface area (Å²) < 4.78 is 0. The van der Waals surface area contributed by atoms with Gasteiger partial charge in [0.25, 0.3) is 0 Å². The van der Waals surface area contributed by atoms with Gasteiger partial charge in [0.1, 0.15) is 0 Å². The number of benzene rings is 2. The fraction of sp³-hybridized carbons (Fsp3) is 0.235. The van der Waals surface area contributed by atoms with E-state index >= 15 is 0 Å². The molecule has 0 aromatic heterocycles. The molecule has 0 bridgehead atoms. The average molecular weight is 288 g/mol. The normalized spacial score (nSPS) is 10.3. The highest BCUT2D eigenvalue weighted by Gasteiger charge is 2.14. The molecule has 0 saturated carbocycles. The van der Waals surface area contributed by atoms with Crippen molar-refractivity contribution in [2.24, 2.45) is 0 Å². The van der Waals surface area contributed by atoms with Gasteiger partial charge in [-0.1, -0.05) is 35.9 Å².